The van der Waals surface area contributed by atoms with Crippen molar-refractivity contribution in [3.05, 3.63) is 41.7 Å². The van der Waals surface area contributed by atoms with E-state index in [4.69, 9.17) is 14.7 Å². The zero-order valence-electron chi connectivity index (χ0n) is 15.3. The fourth-order valence-electron chi connectivity index (χ4n) is 3.60. The number of aromatic nitrogens is 3. The molecule has 1 fully saturated rings. The molecule has 1 aromatic carbocycles. The number of ether oxygens (including phenoxy) is 1. The van der Waals surface area contributed by atoms with E-state index in [-0.39, 0.29) is 11.9 Å². The Hall–Kier alpha value is -2.71. The van der Waals surface area contributed by atoms with Gasteiger partial charge in [0.1, 0.15) is 5.75 Å². The Morgan fingerprint density at radius 3 is 3.07 bits per heavy atom. The number of phenols is 1. The quantitative estimate of drug-likeness (QED) is 0.606. The molecule has 28 heavy (non-hydrogen) atoms. The molecule has 5 rings (SSSR count). The molecule has 1 unspecified atom stereocenters. The van der Waals surface area contributed by atoms with Gasteiger partial charge < -0.3 is 20.5 Å². The Kier molecular flexibility index (Phi) is 4.58. The van der Waals surface area contributed by atoms with E-state index in [1.165, 1.54) is 0 Å². The normalized spacial score (nSPS) is 17.8. The van der Waals surface area contributed by atoms with Crippen LogP contribution in [0.1, 0.15) is 24.1 Å². The Morgan fingerprint density at radius 2 is 2.21 bits per heavy atom. The first-order valence-corrected chi connectivity index (χ1v) is 10.3. The van der Waals surface area contributed by atoms with Crippen molar-refractivity contribution < 1.29 is 9.84 Å². The van der Waals surface area contributed by atoms with Crippen LogP contribution in [0.4, 0.5) is 16.8 Å². The minimum absolute atomic E-state index is 0.203. The molecule has 3 heterocycles. The van der Waals surface area contributed by atoms with Gasteiger partial charge in [-0.3, -0.25) is 0 Å². The number of thiazole rings is 1. The summed E-state index contributed by atoms with van der Waals surface area (Å²) in [5.74, 6) is 0.717. The lowest BCUT2D eigenvalue weighted by Crippen LogP contribution is -2.18. The summed E-state index contributed by atoms with van der Waals surface area (Å²) in [6.07, 6.45) is 6.22. The first kappa shape index (κ1) is 17.4. The van der Waals surface area contributed by atoms with Crippen LogP contribution in [0.2, 0.25) is 0 Å². The van der Waals surface area contributed by atoms with Crippen molar-refractivity contribution in [2.75, 3.05) is 23.8 Å². The molecular formula is C20H21N5O2S. The van der Waals surface area contributed by atoms with Crippen LogP contribution in [-0.2, 0) is 17.6 Å². The molecule has 3 aromatic rings. The summed E-state index contributed by atoms with van der Waals surface area (Å²) in [6.45, 7) is 1.66. The van der Waals surface area contributed by atoms with E-state index in [9.17, 15) is 5.11 Å². The topological polar surface area (TPSA) is 92.2 Å². The maximum Gasteiger partial charge on any atom is 0.227 e. The number of nitrogens with one attached hydrogen (secondary N) is 2. The van der Waals surface area contributed by atoms with Gasteiger partial charge in [-0.2, -0.15) is 0 Å². The van der Waals surface area contributed by atoms with Crippen LogP contribution in [0.5, 0.6) is 5.75 Å². The Morgan fingerprint density at radius 1 is 1.25 bits per heavy atom. The lowest BCUT2D eigenvalue weighted by Gasteiger charge is -2.15. The van der Waals surface area contributed by atoms with Crippen LogP contribution < -0.4 is 10.6 Å². The molecule has 1 aliphatic carbocycles. The summed E-state index contributed by atoms with van der Waals surface area (Å²) in [4.78, 5) is 15.1. The number of hydrogen-bond acceptors (Lipinski definition) is 8. The maximum absolute atomic E-state index is 9.64. The average Bonchev–Trinajstić information content (AvgIpc) is 3.36. The van der Waals surface area contributed by atoms with Gasteiger partial charge in [-0.25, -0.2) is 15.0 Å². The third-order valence-electron chi connectivity index (χ3n) is 5.02. The number of aromatic hydroxyl groups is 1. The van der Waals surface area contributed by atoms with E-state index in [0.717, 1.165) is 71.5 Å². The number of rotatable bonds is 5. The molecule has 8 heteroatoms. The van der Waals surface area contributed by atoms with Crippen molar-refractivity contribution in [2.24, 2.45) is 0 Å². The number of phenolic OH excluding ortho intramolecular Hbond substituents is 1. The first-order valence-electron chi connectivity index (χ1n) is 9.52. The van der Waals surface area contributed by atoms with E-state index in [0.29, 0.717) is 5.95 Å². The lowest BCUT2D eigenvalue weighted by molar-refractivity contribution is 0.120. The van der Waals surface area contributed by atoms with Gasteiger partial charge in [0.2, 0.25) is 5.95 Å². The third-order valence-corrected chi connectivity index (χ3v) is 6.08. The van der Waals surface area contributed by atoms with Crippen LogP contribution in [-0.4, -0.2) is 39.3 Å². The van der Waals surface area contributed by atoms with E-state index in [1.54, 1.807) is 29.5 Å². The Balaban J connectivity index is 1.38. The fraction of sp³-hybridized carbons (Fsp3) is 0.350. The Labute approximate surface area is 166 Å². The zero-order valence-corrected chi connectivity index (χ0v) is 16.1. The van der Waals surface area contributed by atoms with Crippen molar-refractivity contribution >= 4 is 28.1 Å². The van der Waals surface area contributed by atoms with Crippen LogP contribution >= 0.6 is 11.3 Å². The molecule has 0 spiro atoms. The predicted molar refractivity (Wildman–Crippen MR) is 109 cm³/mol. The molecule has 0 bridgehead atoms. The summed E-state index contributed by atoms with van der Waals surface area (Å²) in [5.41, 5.74) is 3.93. The van der Waals surface area contributed by atoms with Gasteiger partial charge >= 0.3 is 0 Å². The second-order valence-corrected chi connectivity index (χ2v) is 8.05. The molecule has 144 valence electrons. The molecule has 1 aliphatic heterocycles. The second kappa shape index (κ2) is 7.37. The van der Waals surface area contributed by atoms with Crippen LogP contribution in [0, 0.1) is 0 Å². The van der Waals surface area contributed by atoms with E-state index >= 15 is 0 Å². The SMILES string of the molecule is Oc1cccc(Nc2ncc3c(n2)-c2sc(NCC4CCCO4)nc2CC3)c1. The summed E-state index contributed by atoms with van der Waals surface area (Å²) in [6, 6.07) is 6.93. The fourth-order valence-corrected chi connectivity index (χ4v) is 4.64. The smallest absolute Gasteiger partial charge is 0.227 e. The summed E-state index contributed by atoms with van der Waals surface area (Å²) in [5, 5.41) is 17.2. The highest BCUT2D eigenvalue weighted by Crippen LogP contribution is 2.38. The number of hydrogen-bond donors (Lipinski definition) is 3. The summed E-state index contributed by atoms with van der Waals surface area (Å²) in [7, 11) is 0. The van der Waals surface area contributed by atoms with Crippen LogP contribution in [0.3, 0.4) is 0 Å². The van der Waals surface area contributed by atoms with E-state index < -0.39 is 0 Å². The van der Waals surface area contributed by atoms with Gasteiger partial charge in [0.05, 0.1) is 22.4 Å². The molecule has 2 aromatic heterocycles. The van der Waals surface area contributed by atoms with Crippen molar-refractivity contribution in [1.29, 1.82) is 0 Å². The highest BCUT2D eigenvalue weighted by molar-refractivity contribution is 7.19. The van der Waals surface area contributed by atoms with Crippen molar-refractivity contribution in [3.63, 3.8) is 0 Å². The highest BCUT2D eigenvalue weighted by atomic mass is 32.1. The number of benzene rings is 1. The zero-order chi connectivity index (χ0) is 18.9. The molecule has 7 nitrogen and oxygen atoms in total. The van der Waals surface area contributed by atoms with Gasteiger partial charge in [-0.05, 0) is 43.4 Å². The summed E-state index contributed by atoms with van der Waals surface area (Å²) < 4.78 is 5.68. The van der Waals surface area contributed by atoms with E-state index in [1.807, 2.05) is 12.3 Å². The largest absolute Gasteiger partial charge is 0.508 e. The molecule has 3 N–H and O–H groups in total. The molecule has 2 aliphatic rings. The molecule has 1 atom stereocenters. The second-order valence-electron chi connectivity index (χ2n) is 7.05. The highest BCUT2D eigenvalue weighted by Gasteiger charge is 2.24. The average molecular weight is 395 g/mol. The molecule has 1 saturated heterocycles. The monoisotopic (exact) mass is 395 g/mol. The van der Waals surface area contributed by atoms with Crippen molar-refractivity contribution in [1.82, 2.24) is 15.0 Å². The number of aryl methyl sites for hydroxylation is 2. The van der Waals surface area contributed by atoms with Gasteiger partial charge in [-0.1, -0.05) is 17.4 Å². The number of nitrogens with zero attached hydrogens (tertiary/aromatic N) is 3. The molecular weight excluding hydrogens is 374 g/mol. The number of anilines is 3. The molecule has 0 amide bonds. The minimum Gasteiger partial charge on any atom is -0.508 e. The third kappa shape index (κ3) is 3.53. The first-order chi connectivity index (χ1) is 13.7. The maximum atomic E-state index is 9.64. The van der Waals surface area contributed by atoms with Gasteiger partial charge in [-0.15, -0.1) is 0 Å². The summed E-state index contributed by atoms with van der Waals surface area (Å²) >= 11 is 1.64. The van der Waals surface area contributed by atoms with Crippen molar-refractivity contribution in [2.45, 2.75) is 31.8 Å². The van der Waals surface area contributed by atoms with Gasteiger partial charge in [0.15, 0.2) is 5.13 Å². The Bertz CT molecular complexity index is 1000. The molecule has 0 saturated carbocycles. The molecule has 0 radical (unpaired) electrons. The van der Waals surface area contributed by atoms with E-state index in [2.05, 4.69) is 15.6 Å². The van der Waals surface area contributed by atoms with Crippen LogP contribution in [0.15, 0.2) is 30.5 Å². The van der Waals surface area contributed by atoms with Crippen LogP contribution in [0.25, 0.3) is 10.6 Å². The predicted octanol–water partition coefficient (Wildman–Crippen LogP) is 3.74. The van der Waals surface area contributed by atoms with Crippen molar-refractivity contribution in [3.8, 4) is 16.3 Å². The van der Waals surface area contributed by atoms with Gasteiger partial charge in [0, 0.05) is 31.1 Å². The lowest BCUT2D eigenvalue weighted by atomic mass is 10.00. The van der Waals surface area contributed by atoms with Gasteiger partial charge in [0.25, 0.3) is 0 Å². The number of fused-ring (bicyclic) bond motifs is 3. The minimum atomic E-state index is 0.203. The standard InChI is InChI=1S/C20H21N5O2S/c26-14-4-1-3-13(9-14)23-19-21-10-12-6-7-16-18(17(12)25-19)28-20(24-16)22-11-15-5-2-8-27-15/h1,3-4,9-10,15,26H,2,5-8,11H2,(H,22,24)(H,21,23,25).